The van der Waals surface area contributed by atoms with Crippen LogP contribution in [0.5, 0.6) is 0 Å². The molecule has 0 aliphatic rings. The molecule has 0 saturated heterocycles. The van der Waals surface area contributed by atoms with Crippen LogP contribution in [0.2, 0.25) is 10.0 Å². The summed E-state index contributed by atoms with van der Waals surface area (Å²) < 4.78 is 6.41. The molecule has 1 N–H and O–H groups in total. The third-order valence-electron chi connectivity index (χ3n) is 2.96. The van der Waals surface area contributed by atoms with Crippen LogP contribution in [0, 0.1) is 6.92 Å². The molecule has 0 aliphatic heterocycles. The normalized spacial score (nSPS) is 10.4. The Morgan fingerprint density at radius 1 is 1.17 bits per heavy atom. The van der Waals surface area contributed by atoms with Crippen molar-refractivity contribution in [2.24, 2.45) is 0 Å². The Morgan fingerprint density at radius 2 is 1.79 bits per heavy atom. The Morgan fingerprint density at radius 3 is 2.42 bits per heavy atom. The summed E-state index contributed by atoms with van der Waals surface area (Å²) in [6.07, 6.45) is 0. The minimum atomic E-state index is -0.723. The molecule has 4 nitrogen and oxygen atoms in total. The molecule has 24 heavy (non-hydrogen) atoms. The molecule has 8 heteroatoms. The van der Waals surface area contributed by atoms with Gasteiger partial charge in [-0.2, -0.15) is 0 Å². The van der Waals surface area contributed by atoms with Gasteiger partial charge in [-0.1, -0.05) is 29.3 Å². The average Bonchev–Trinajstić information content (AvgIpc) is 2.51. The van der Waals surface area contributed by atoms with Crippen molar-refractivity contribution in [3.63, 3.8) is 0 Å². The van der Waals surface area contributed by atoms with Crippen molar-refractivity contribution in [2.45, 2.75) is 6.92 Å². The topological polar surface area (TPSA) is 55.4 Å². The monoisotopic (exact) mass is 493 g/mol. The van der Waals surface area contributed by atoms with Gasteiger partial charge in [0.05, 0.1) is 21.3 Å². The highest BCUT2D eigenvalue weighted by atomic mass is 79.9. The number of esters is 1. The van der Waals surface area contributed by atoms with Crippen LogP contribution in [-0.4, -0.2) is 18.5 Å². The summed E-state index contributed by atoms with van der Waals surface area (Å²) in [4.78, 5) is 24.0. The molecule has 0 radical (unpaired) electrons. The number of hydrogen-bond donors (Lipinski definition) is 1. The first kappa shape index (κ1) is 19.2. The van der Waals surface area contributed by atoms with E-state index < -0.39 is 18.5 Å². The maximum atomic E-state index is 12.0. The first-order chi connectivity index (χ1) is 11.3. The third kappa shape index (κ3) is 4.72. The zero-order chi connectivity index (χ0) is 17.9. The van der Waals surface area contributed by atoms with E-state index >= 15 is 0 Å². The summed E-state index contributed by atoms with van der Waals surface area (Å²) in [5.74, 6) is -1.20. The molecular formula is C16H11Br2Cl2NO3. The van der Waals surface area contributed by atoms with E-state index in [1.165, 1.54) is 6.07 Å². The molecule has 2 rings (SSSR count). The highest BCUT2D eigenvalue weighted by Crippen LogP contribution is 2.32. The van der Waals surface area contributed by atoms with Gasteiger partial charge in [-0.25, -0.2) is 4.79 Å². The van der Waals surface area contributed by atoms with Crippen LogP contribution in [0.15, 0.2) is 39.3 Å². The number of carbonyl (C=O) groups excluding carboxylic acids is 2. The lowest BCUT2D eigenvalue weighted by molar-refractivity contribution is -0.119. The zero-order valence-corrected chi connectivity index (χ0v) is 17.0. The molecule has 1 amide bonds. The molecule has 0 spiro atoms. The number of benzene rings is 2. The van der Waals surface area contributed by atoms with Crippen molar-refractivity contribution in [1.29, 1.82) is 0 Å². The molecule has 0 atom stereocenters. The van der Waals surface area contributed by atoms with E-state index in [9.17, 15) is 9.59 Å². The minimum absolute atomic E-state index is 0.0913. The van der Waals surface area contributed by atoms with Crippen molar-refractivity contribution in [1.82, 2.24) is 0 Å². The zero-order valence-electron chi connectivity index (χ0n) is 12.3. The number of hydrogen-bond acceptors (Lipinski definition) is 3. The largest absolute Gasteiger partial charge is 0.452 e. The van der Waals surface area contributed by atoms with Crippen LogP contribution in [0.4, 0.5) is 5.69 Å². The highest BCUT2D eigenvalue weighted by Gasteiger charge is 2.16. The molecular weight excluding hydrogens is 485 g/mol. The Kier molecular flexibility index (Phi) is 6.69. The van der Waals surface area contributed by atoms with Crippen LogP contribution in [0.1, 0.15) is 15.9 Å². The molecule has 0 saturated carbocycles. The molecule has 0 fully saturated rings. The maximum absolute atomic E-state index is 12.0. The number of aryl methyl sites for hydroxylation is 1. The molecule has 2 aromatic rings. The van der Waals surface area contributed by atoms with Crippen molar-refractivity contribution in [3.8, 4) is 0 Å². The number of carbonyl (C=O) groups is 2. The fourth-order valence-corrected chi connectivity index (χ4v) is 3.86. The standard InChI is InChI=1S/C16H11Br2Cl2NO3/c1-8-5-10(17)15(11(18)6-8)21-13(22)7-24-16(23)9-3-2-4-12(19)14(9)20/h2-6H,7H2,1H3,(H,21,22). The average molecular weight is 496 g/mol. The smallest absolute Gasteiger partial charge is 0.340 e. The van der Waals surface area contributed by atoms with E-state index in [4.69, 9.17) is 27.9 Å². The van der Waals surface area contributed by atoms with Gasteiger partial charge in [0.1, 0.15) is 0 Å². The summed E-state index contributed by atoms with van der Waals surface area (Å²) in [5.41, 5.74) is 1.69. The van der Waals surface area contributed by atoms with Crippen LogP contribution in [0.25, 0.3) is 0 Å². The SMILES string of the molecule is Cc1cc(Br)c(NC(=O)COC(=O)c2cccc(Cl)c2Cl)c(Br)c1. The summed E-state index contributed by atoms with van der Waals surface area (Å²) in [7, 11) is 0. The van der Waals surface area contributed by atoms with Gasteiger partial charge < -0.3 is 10.1 Å². The van der Waals surface area contributed by atoms with Gasteiger partial charge in [0.15, 0.2) is 6.61 Å². The summed E-state index contributed by atoms with van der Waals surface area (Å²) in [6.45, 7) is 1.48. The second-order valence-corrected chi connectivity index (χ2v) is 7.32. The number of halogens is 4. The van der Waals surface area contributed by atoms with Crippen LogP contribution in [0.3, 0.4) is 0 Å². The fourth-order valence-electron chi connectivity index (χ4n) is 1.87. The van der Waals surface area contributed by atoms with Crippen molar-refractivity contribution >= 4 is 72.6 Å². The maximum Gasteiger partial charge on any atom is 0.340 e. The molecule has 0 aromatic heterocycles. The van der Waals surface area contributed by atoms with Crippen molar-refractivity contribution in [3.05, 3.63) is 60.4 Å². The summed E-state index contributed by atoms with van der Waals surface area (Å²) in [6, 6.07) is 8.32. The van der Waals surface area contributed by atoms with Crippen molar-refractivity contribution < 1.29 is 14.3 Å². The number of amides is 1. The Balaban J connectivity index is 2.01. The molecule has 2 aromatic carbocycles. The molecule has 0 aliphatic carbocycles. The van der Waals surface area contributed by atoms with Crippen LogP contribution >= 0.6 is 55.1 Å². The minimum Gasteiger partial charge on any atom is -0.452 e. The van der Waals surface area contributed by atoms with Gasteiger partial charge in [0.2, 0.25) is 0 Å². The third-order valence-corrected chi connectivity index (χ3v) is 5.03. The molecule has 0 bridgehead atoms. The molecule has 0 unspecified atom stereocenters. The van der Waals surface area contributed by atoms with Crippen LogP contribution in [-0.2, 0) is 9.53 Å². The van der Waals surface area contributed by atoms with Crippen molar-refractivity contribution in [2.75, 3.05) is 11.9 Å². The molecule has 0 heterocycles. The van der Waals surface area contributed by atoms with E-state index in [0.717, 1.165) is 5.56 Å². The predicted octanol–water partition coefficient (Wildman–Crippen LogP) is 5.62. The number of ether oxygens (including phenoxy) is 1. The van der Waals surface area contributed by atoms with Gasteiger partial charge in [-0.15, -0.1) is 0 Å². The van der Waals surface area contributed by atoms with Gasteiger partial charge in [-0.05, 0) is 68.6 Å². The van der Waals surface area contributed by atoms with E-state index in [1.807, 2.05) is 19.1 Å². The lowest BCUT2D eigenvalue weighted by Gasteiger charge is -2.11. The Labute approximate surface area is 165 Å². The summed E-state index contributed by atoms with van der Waals surface area (Å²) in [5, 5.41) is 3.00. The first-order valence-corrected chi connectivity index (χ1v) is 9.00. The fraction of sp³-hybridized carbons (Fsp3) is 0.125. The number of rotatable bonds is 4. The van der Waals surface area contributed by atoms with Gasteiger partial charge in [0.25, 0.3) is 5.91 Å². The first-order valence-electron chi connectivity index (χ1n) is 6.66. The molecule has 126 valence electrons. The summed E-state index contributed by atoms with van der Waals surface area (Å²) >= 11 is 18.5. The van der Waals surface area contributed by atoms with Gasteiger partial charge in [0, 0.05) is 8.95 Å². The Hall–Kier alpha value is -1.08. The van der Waals surface area contributed by atoms with Gasteiger partial charge in [-0.3, -0.25) is 4.79 Å². The predicted molar refractivity (Wildman–Crippen MR) is 102 cm³/mol. The number of anilines is 1. The van der Waals surface area contributed by atoms with E-state index in [-0.39, 0.29) is 15.6 Å². The second-order valence-electron chi connectivity index (χ2n) is 4.83. The highest BCUT2D eigenvalue weighted by molar-refractivity contribution is 9.11. The lowest BCUT2D eigenvalue weighted by Crippen LogP contribution is -2.21. The van der Waals surface area contributed by atoms with E-state index in [0.29, 0.717) is 14.6 Å². The van der Waals surface area contributed by atoms with Gasteiger partial charge >= 0.3 is 5.97 Å². The van der Waals surface area contributed by atoms with E-state index in [2.05, 4.69) is 37.2 Å². The van der Waals surface area contributed by atoms with E-state index in [1.54, 1.807) is 12.1 Å². The quantitative estimate of drug-likeness (QED) is 0.560. The van der Waals surface area contributed by atoms with Crippen LogP contribution < -0.4 is 5.32 Å². The lowest BCUT2D eigenvalue weighted by atomic mass is 10.2. The second kappa shape index (κ2) is 8.34. The number of nitrogens with one attached hydrogen (secondary N) is 1. The Bertz CT molecular complexity index is 789.